The molecule has 22 heavy (non-hydrogen) atoms. The molecule has 0 bridgehead atoms. The third kappa shape index (κ3) is 6.96. The second-order valence-corrected chi connectivity index (χ2v) is 5.13. The van der Waals surface area contributed by atoms with E-state index in [1.807, 2.05) is 0 Å². The topological polar surface area (TPSA) is 44.9 Å². The smallest absolute Gasteiger partial charge is 0.191 e. The highest BCUT2D eigenvalue weighted by molar-refractivity contribution is 14.0. The van der Waals surface area contributed by atoms with Gasteiger partial charge in [0.1, 0.15) is 0 Å². The highest BCUT2D eigenvalue weighted by atomic mass is 127. The lowest BCUT2D eigenvalue weighted by atomic mass is 10.1. The zero-order valence-corrected chi connectivity index (χ0v) is 16.7. The average molecular weight is 418 g/mol. The van der Waals surface area contributed by atoms with Crippen LogP contribution in [0.4, 0.5) is 0 Å². The fourth-order valence-electron chi connectivity index (χ4n) is 2.35. The van der Waals surface area contributed by atoms with Crippen LogP contribution in [0.5, 0.6) is 0 Å². The summed E-state index contributed by atoms with van der Waals surface area (Å²) in [4.78, 5) is 8.98. The largest absolute Gasteiger partial charge is 0.370 e. The van der Waals surface area contributed by atoms with Crippen molar-refractivity contribution in [3.63, 3.8) is 0 Å². The predicted octanol–water partition coefficient (Wildman–Crippen LogP) is 3.30. The summed E-state index contributed by atoms with van der Waals surface area (Å²) in [5.41, 5.74) is 8.57. The Labute approximate surface area is 152 Å². The van der Waals surface area contributed by atoms with Crippen LogP contribution in [0.3, 0.4) is 0 Å². The summed E-state index contributed by atoms with van der Waals surface area (Å²) in [6.07, 6.45) is 0. The summed E-state index contributed by atoms with van der Waals surface area (Å²) in [6, 6.07) is 8.64. The van der Waals surface area contributed by atoms with Crippen molar-refractivity contribution in [2.45, 2.75) is 40.8 Å². The summed E-state index contributed by atoms with van der Waals surface area (Å²) < 4.78 is 0. The third-order valence-electron chi connectivity index (χ3n) is 3.80. The number of rotatable bonds is 8. The number of halogens is 1. The van der Waals surface area contributed by atoms with E-state index >= 15 is 0 Å². The van der Waals surface area contributed by atoms with Crippen LogP contribution in [0.2, 0.25) is 0 Å². The van der Waals surface area contributed by atoms with Crippen molar-refractivity contribution in [2.75, 3.05) is 26.2 Å². The van der Waals surface area contributed by atoms with E-state index in [0.717, 1.165) is 32.7 Å². The van der Waals surface area contributed by atoms with Crippen molar-refractivity contribution in [2.24, 2.45) is 10.7 Å². The predicted molar refractivity (Wildman–Crippen MR) is 107 cm³/mol. The Hall–Kier alpha value is -0.820. The molecule has 0 aliphatic carbocycles. The summed E-state index contributed by atoms with van der Waals surface area (Å²) in [5.74, 6) is 0.633. The molecule has 0 radical (unpaired) electrons. The molecular weight excluding hydrogens is 387 g/mol. The molecule has 0 fully saturated rings. The van der Waals surface area contributed by atoms with Gasteiger partial charge in [-0.05, 0) is 38.1 Å². The van der Waals surface area contributed by atoms with Crippen molar-refractivity contribution in [3.05, 3.63) is 35.4 Å². The molecule has 4 nitrogen and oxygen atoms in total. The lowest BCUT2D eigenvalue weighted by Crippen LogP contribution is -2.37. The van der Waals surface area contributed by atoms with Gasteiger partial charge < -0.3 is 10.6 Å². The molecule has 126 valence electrons. The molecule has 0 amide bonds. The van der Waals surface area contributed by atoms with Crippen LogP contribution in [0, 0.1) is 0 Å². The number of nitrogens with zero attached hydrogens (tertiary/aromatic N) is 3. The summed E-state index contributed by atoms with van der Waals surface area (Å²) >= 11 is 0. The molecule has 0 aromatic heterocycles. The lowest BCUT2D eigenvalue weighted by molar-refractivity contribution is 0.296. The summed E-state index contributed by atoms with van der Waals surface area (Å²) in [5, 5.41) is 0. The van der Waals surface area contributed by atoms with Gasteiger partial charge in [0.05, 0.1) is 6.54 Å². The molecule has 2 N–H and O–H groups in total. The van der Waals surface area contributed by atoms with Crippen LogP contribution in [0.15, 0.2) is 29.3 Å². The minimum absolute atomic E-state index is 0. The van der Waals surface area contributed by atoms with Gasteiger partial charge in [-0.2, -0.15) is 0 Å². The van der Waals surface area contributed by atoms with E-state index in [1.54, 1.807) is 0 Å². The maximum atomic E-state index is 6.02. The molecule has 0 aliphatic rings. The van der Waals surface area contributed by atoms with Crippen molar-refractivity contribution in [1.82, 2.24) is 9.80 Å². The van der Waals surface area contributed by atoms with E-state index in [2.05, 4.69) is 66.8 Å². The van der Waals surface area contributed by atoms with Crippen LogP contribution in [-0.4, -0.2) is 41.9 Å². The number of hydrogen-bond acceptors (Lipinski definition) is 2. The first-order valence-corrected chi connectivity index (χ1v) is 7.99. The lowest BCUT2D eigenvalue weighted by Gasteiger charge is -2.19. The number of benzene rings is 1. The second-order valence-electron chi connectivity index (χ2n) is 5.13. The van der Waals surface area contributed by atoms with Gasteiger partial charge in [-0.15, -0.1) is 24.0 Å². The van der Waals surface area contributed by atoms with Crippen molar-refractivity contribution in [1.29, 1.82) is 0 Å². The Morgan fingerprint density at radius 1 is 1.00 bits per heavy atom. The Morgan fingerprint density at radius 2 is 1.59 bits per heavy atom. The SMILES string of the molecule is CCN(CC)Cc1cccc(CN=C(N)N(CC)CC)c1.I. The number of aliphatic imine (C=N–C) groups is 1. The van der Waals surface area contributed by atoms with E-state index in [9.17, 15) is 0 Å². The Morgan fingerprint density at radius 3 is 2.14 bits per heavy atom. The molecule has 1 rings (SSSR count). The van der Waals surface area contributed by atoms with E-state index in [4.69, 9.17) is 5.73 Å². The van der Waals surface area contributed by atoms with Gasteiger partial charge in [0.25, 0.3) is 0 Å². The number of hydrogen-bond donors (Lipinski definition) is 1. The fourth-order valence-corrected chi connectivity index (χ4v) is 2.35. The summed E-state index contributed by atoms with van der Waals surface area (Å²) in [6.45, 7) is 14.2. The maximum absolute atomic E-state index is 6.02. The van der Waals surface area contributed by atoms with E-state index < -0.39 is 0 Å². The Bertz CT molecular complexity index is 440. The van der Waals surface area contributed by atoms with Gasteiger partial charge in [-0.3, -0.25) is 4.90 Å². The molecule has 1 aromatic rings. The average Bonchev–Trinajstić information content (AvgIpc) is 2.52. The van der Waals surface area contributed by atoms with E-state index in [-0.39, 0.29) is 24.0 Å². The Kier molecular flexibility index (Phi) is 11.3. The van der Waals surface area contributed by atoms with Crippen LogP contribution in [-0.2, 0) is 13.1 Å². The fraction of sp³-hybridized carbons (Fsp3) is 0.588. The molecule has 0 unspecified atom stereocenters. The zero-order chi connectivity index (χ0) is 15.7. The van der Waals surface area contributed by atoms with Gasteiger partial charge in [0, 0.05) is 19.6 Å². The van der Waals surface area contributed by atoms with Crippen molar-refractivity contribution >= 4 is 29.9 Å². The molecule has 5 heteroatoms. The maximum Gasteiger partial charge on any atom is 0.191 e. The molecule has 0 spiro atoms. The van der Waals surface area contributed by atoms with Crippen molar-refractivity contribution in [3.8, 4) is 0 Å². The normalized spacial score (nSPS) is 11.4. The molecule has 0 saturated carbocycles. The third-order valence-corrected chi connectivity index (χ3v) is 3.80. The molecule has 0 heterocycles. The first-order valence-electron chi connectivity index (χ1n) is 7.99. The molecule has 0 saturated heterocycles. The Balaban J connectivity index is 0.00000441. The van der Waals surface area contributed by atoms with Crippen molar-refractivity contribution < 1.29 is 0 Å². The second kappa shape index (κ2) is 11.7. The quantitative estimate of drug-likeness (QED) is 0.400. The van der Waals surface area contributed by atoms with E-state index in [0.29, 0.717) is 12.5 Å². The van der Waals surface area contributed by atoms with Crippen LogP contribution in [0.1, 0.15) is 38.8 Å². The standard InChI is InChI=1S/C17H30N4.HI/c1-5-20(6-2)14-16-11-9-10-15(12-16)13-19-17(18)21(7-3)8-4;/h9-12H,5-8,13-14H2,1-4H3,(H2,18,19);1H. The van der Waals surface area contributed by atoms with Crippen LogP contribution < -0.4 is 5.73 Å². The first-order chi connectivity index (χ1) is 10.1. The van der Waals surface area contributed by atoms with Gasteiger partial charge in [0.2, 0.25) is 0 Å². The van der Waals surface area contributed by atoms with Crippen LogP contribution >= 0.6 is 24.0 Å². The monoisotopic (exact) mass is 418 g/mol. The van der Waals surface area contributed by atoms with Gasteiger partial charge >= 0.3 is 0 Å². The molecule has 0 atom stereocenters. The first kappa shape index (κ1) is 21.2. The zero-order valence-electron chi connectivity index (χ0n) is 14.4. The highest BCUT2D eigenvalue weighted by Crippen LogP contribution is 2.09. The number of guanidine groups is 1. The minimum Gasteiger partial charge on any atom is -0.370 e. The van der Waals surface area contributed by atoms with Gasteiger partial charge in [0.15, 0.2) is 5.96 Å². The molecule has 0 aliphatic heterocycles. The molecule has 1 aromatic carbocycles. The number of nitrogens with two attached hydrogens (primary N) is 1. The van der Waals surface area contributed by atoms with Gasteiger partial charge in [-0.25, -0.2) is 4.99 Å². The summed E-state index contributed by atoms with van der Waals surface area (Å²) in [7, 11) is 0. The van der Waals surface area contributed by atoms with Gasteiger partial charge in [-0.1, -0.05) is 38.1 Å². The minimum atomic E-state index is 0. The molecular formula is C17H31IN4. The highest BCUT2D eigenvalue weighted by Gasteiger charge is 2.04. The van der Waals surface area contributed by atoms with Crippen LogP contribution in [0.25, 0.3) is 0 Å². The van der Waals surface area contributed by atoms with E-state index in [1.165, 1.54) is 11.1 Å².